The van der Waals surface area contributed by atoms with Crippen molar-refractivity contribution in [2.24, 2.45) is 0 Å². The number of nitriles is 1. The monoisotopic (exact) mass is 448 g/mol. The number of carbonyl (C=O) groups is 2. The van der Waals surface area contributed by atoms with Gasteiger partial charge in [-0.05, 0) is 43.5 Å². The lowest BCUT2D eigenvalue weighted by atomic mass is 9.92. The summed E-state index contributed by atoms with van der Waals surface area (Å²) in [5, 5.41) is 14.6. The Morgan fingerprint density at radius 2 is 1.62 bits per heavy atom. The van der Waals surface area contributed by atoms with E-state index in [0.29, 0.717) is 11.1 Å². The highest BCUT2D eigenvalue weighted by Gasteiger charge is 2.40. The summed E-state index contributed by atoms with van der Waals surface area (Å²) in [5.74, 6) is -0.808. The van der Waals surface area contributed by atoms with Gasteiger partial charge in [0, 0.05) is 28.9 Å². The van der Waals surface area contributed by atoms with Crippen molar-refractivity contribution >= 4 is 17.9 Å². The number of hydrogen-bond donors (Lipinski definition) is 0. The van der Waals surface area contributed by atoms with Gasteiger partial charge in [0.25, 0.3) is 11.8 Å². The molecule has 0 atom stereocenters. The highest BCUT2D eigenvalue weighted by molar-refractivity contribution is 6.20. The largest absolute Gasteiger partial charge is 0.271 e. The molecule has 1 aromatic heterocycles. The maximum Gasteiger partial charge on any atom is 0.271 e. The molecule has 0 N–H and O–H groups in total. The molecule has 2 aliphatic rings. The lowest BCUT2D eigenvalue weighted by molar-refractivity contribution is -0.143. The molecule has 5 rings (SSSR count). The van der Waals surface area contributed by atoms with Gasteiger partial charge in [0.2, 0.25) is 0 Å². The van der Waals surface area contributed by atoms with Crippen LogP contribution in [0.3, 0.4) is 0 Å². The van der Waals surface area contributed by atoms with Crippen LogP contribution in [-0.2, 0) is 9.59 Å². The molecular formula is C28H24N4O2. The normalized spacial score (nSPS) is 18.1. The number of nitrogens with zero attached hydrogens (tertiary/aromatic N) is 4. The summed E-state index contributed by atoms with van der Waals surface area (Å²) < 4.78 is 1.78. The van der Waals surface area contributed by atoms with Gasteiger partial charge in [0.05, 0.1) is 11.4 Å². The molecule has 0 bridgehead atoms. The van der Waals surface area contributed by atoms with Crippen LogP contribution in [0, 0.1) is 11.3 Å². The van der Waals surface area contributed by atoms with E-state index in [-0.39, 0.29) is 17.5 Å². The minimum atomic E-state index is -0.475. The lowest BCUT2D eigenvalue weighted by Gasteiger charge is -2.32. The summed E-state index contributed by atoms with van der Waals surface area (Å²) in [5.41, 5.74) is 4.10. The summed E-state index contributed by atoms with van der Waals surface area (Å²) in [6, 6.07) is 21.4. The minimum Gasteiger partial charge on any atom is -0.271 e. The number of amides is 2. The van der Waals surface area contributed by atoms with Crippen LogP contribution in [0.25, 0.3) is 23.0 Å². The summed E-state index contributed by atoms with van der Waals surface area (Å²) in [6.07, 6.45) is 7.18. The van der Waals surface area contributed by atoms with Gasteiger partial charge < -0.3 is 0 Å². The quantitative estimate of drug-likeness (QED) is 0.412. The standard InChI is InChI=1S/C28H24N4O2/c1-19-24(27(33)32(23-14-8-9-15-23)28(34)25(19)17-29)16-21-18-31(22-12-6-3-7-13-22)30-26(21)20-10-4-2-5-11-20/h2-7,10-13,16,18,23H,8-9,14-15H2,1H3/b24-16-. The van der Waals surface area contributed by atoms with Gasteiger partial charge in [-0.2, -0.15) is 10.4 Å². The average molecular weight is 449 g/mol. The number of hydrogen-bond acceptors (Lipinski definition) is 4. The second kappa shape index (κ2) is 8.95. The maximum absolute atomic E-state index is 13.6. The van der Waals surface area contributed by atoms with Crippen molar-refractivity contribution in [1.82, 2.24) is 14.7 Å². The number of aromatic nitrogens is 2. The zero-order chi connectivity index (χ0) is 23.7. The van der Waals surface area contributed by atoms with Gasteiger partial charge >= 0.3 is 0 Å². The molecule has 0 radical (unpaired) electrons. The fourth-order valence-electron chi connectivity index (χ4n) is 4.78. The fourth-order valence-corrected chi connectivity index (χ4v) is 4.78. The molecule has 34 heavy (non-hydrogen) atoms. The van der Waals surface area contributed by atoms with Crippen LogP contribution in [0.15, 0.2) is 83.6 Å². The molecule has 0 saturated heterocycles. The number of para-hydroxylation sites is 1. The fraction of sp³-hybridized carbons (Fsp3) is 0.214. The van der Waals surface area contributed by atoms with E-state index in [1.165, 1.54) is 4.90 Å². The Kier molecular flexibility index (Phi) is 5.69. The third kappa shape index (κ3) is 3.75. The first-order valence-corrected chi connectivity index (χ1v) is 11.5. The van der Waals surface area contributed by atoms with Crippen molar-refractivity contribution < 1.29 is 9.59 Å². The van der Waals surface area contributed by atoms with Crippen molar-refractivity contribution in [3.8, 4) is 23.0 Å². The average Bonchev–Trinajstić information content (AvgIpc) is 3.54. The van der Waals surface area contributed by atoms with Gasteiger partial charge in [-0.25, -0.2) is 4.68 Å². The highest BCUT2D eigenvalue weighted by atomic mass is 16.2. The van der Waals surface area contributed by atoms with Gasteiger partial charge in [-0.1, -0.05) is 61.4 Å². The van der Waals surface area contributed by atoms with Crippen LogP contribution in [0.2, 0.25) is 0 Å². The first-order chi connectivity index (χ1) is 16.6. The van der Waals surface area contributed by atoms with Crippen LogP contribution in [-0.4, -0.2) is 32.5 Å². The molecule has 1 aliphatic heterocycles. The molecule has 0 unspecified atom stereocenters. The zero-order valence-electron chi connectivity index (χ0n) is 18.9. The zero-order valence-corrected chi connectivity index (χ0v) is 18.9. The van der Waals surface area contributed by atoms with Crippen molar-refractivity contribution in [2.45, 2.75) is 38.6 Å². The third-order valence-electron chi connectivity index (χ3n) is 6.57. The van der Waals surface area contributed by atoms with Crippen molar-refractivity contribution in [1.29, 1.82) is 5.26 Å². The Morgan fingerprint density at radius 3 is 2.26 bits per heavy atom. The second-order valence-corrected chi connectivity index (χ2v) is 8.67. The molecule has 168 valence electrons. The lowest BCUT2D eigenvalue weighted by Crippen LogP contribution is -2.47. The van der Waals surface area contributed by atoms with E-state index in [2.05, 4.69) is 0 Å². The Labute approximate surface area is 198 Å². The molecule has 6 nitrogen and oxygen atoms in total. The van der Waals surface area contributed by atoms with E-state index in [4.69, 9.17) is 5.10 Å². The van der Waals surface area contributed by atoms with Crippen LogP contribution >= 0.6 is 0 Å². The molecule has 1 aliphatic carbocycles. The van der Waals surface area contributed by atoms with Crippen LogP contribution in [0.5, 0.6) is 0 Å². The first-order valence-electron chi connectivity index (χ1n) is 11.5. The van der Waals surface area contributed by atoms with Crippen LogP contribution in [0.1, 0.15) is 38.2 Å². The summed E-state index contributed by atoms with van der Waals surface area (Å²) in [6.45, 7) is 1.68. The van der Waals surface area contributed by atoms with E-state index < -0.39 is 5.91 Å². The van der Waals surface area contributed by atoms with Crippen molar-refractivity contribution in [3.05, 3.63) is 89.1 Å². The first kappa shape index (κ1) is 21.6. The predicted octanol–water partition coefficient (Wildman–Crippen LogP) is 5.07. The SMILES string of the molecule is CC1=C(C#N)C(=O)N(C2CCCC2)C(=O)/C1=C\c1cn(-c2ccccc2)nc1-c1ccccc1. The Hall–Kier alpha value is -4.24. The second-order valence-electron chi connectivity index (χ2n) is 8.67. The molecular weight excluding hydrogens is 424 g/mol. The Morgan fingerprint density at radius 1 is 0.971 bits per heavy atom. The van der Waals surface area contributed by atoms with Crippen LogP contribution < -0.4 is 0 Å². The van der Waals surface area contributed by atoms with Gasteiger partial charge in [0.15, 0.2) is 0 Å². The van der Waals surface area contributed by atoms with E-state index in [1.54, 1.807) is 17.7 Å². The molecule has 2 amide bonds. The minimum absolute atomic E-state index is 0.0365. The highest BCUT2D eigenvalue weighted by Crippen LogP contribution is 2.34. The maximum atomic E-state index is 13.6. The van der Waals surface area contributed by atoms with E-state index in [9.17, 15) is 14.9 Å². The van der Waals surface area contributed by atoms with E-state index in [1.807, 2.05) is 72.9 Å². The molecule has 3 aromatic rings. The number of carbonyl (C=O) groups excluding carboxylic acids is 2. The Bertz CT molecular complexity index is 1350. The van der Waals surface area contributed by atoms with E-state index in [0.717, 1.165) is 48.2 Å². The van der Waals surface area contributed by atoms with Crippen LogP contribution in [0.4, 0.5) is 0 Å². The number of imide groups is 1. The smallest absolute Gasteiger partial charge is 0.271 e. The van der Waals surface area contributed by atoms with Gasteiger partial charge in [-0.15, -0.1) is 0 Å². The molecule has 6 heteroatoms. The van der Waals surface area contributed by atoms with Crippen molar-refractivity contribution in [3.63, 3.8) is 0 Å². The molecule has 1 saturated carbocycles. The molecule has 2 heterocycles. The number of rotatable bonds is 4. The van der Waals surface area contributed by atoms with Gasteiger partial charge in [-0.3, -0.25) is 14.5 Å². The summed E-state index contributed by atoms with van der Waals surface area (Å²) >= 11 is 0. The molecule has 2 aromatic carbocycles. The topological polar surface area (TPSA) is 79.0 Å². The third-order valence-corrected chi connectivity index (χ3v) is 6.57. The number of benzene rings is 2. The molecule has 1 fully saturated rings. The van der Waals surface area contributed by atoms with Crippen molar-refractivity contribution in [2.75, 3.05) is 0 Å². The van der Waals surface area contributed by atoms with Gasteiger partial charge in [0.1, 0.15) is 11.6 Å². The molecule has 0 spiro atoms. The summed E-state index contributed by atoms with van der Waals surface area (Å²) in [7, 11) is 0. The Balaban J connectivity index is 1.67. The predicted molar refractivity (Wildman–Crippen MR) is 129 cm³/mol. The summed E-state index contributed by atoms with van der Waals surface area (Å²) in [4.78, 5) is 27.9. The van der Waals surface area contributed by atoms with E-state index >= 15 is 0 Å².